The molecule has 0 saturated heterocycles. The number of rotatable bonds is 2. The lowest BCUT2D eigenvalue weighted by atomic mass is 10.0. The summed E-state index contributed by atoms with van der Waals surface area (Å²) in [6, 6.07) is 2.47. The molecule has 1 aromatic rings. The van der Waals surface area contributed by atoms with Gasteiger partial charge < -0.3 is 11.7 Å². The molecule has 2 atom stereocenters. The van der Waals surface area contributed by atoms with Crippen molar-refractivity contribution in [2.75, 3.05) is 6.61 Å². The molecular formula is C11H17N2O-. The standard InChI is InChI=1S/C11H17N2O/c1-8(2)4-10-6-14-7-11-5-9(3)12-13(10)11/h5,8,10H,1,4,6-7H2,2-3H3/q-1. The summed E-state index contributed by atoms with van der Waals surface area (Å²) in [6.07, 6.45) is 1.04. The third-order valence-corrected chi connectivity index (χ3v) is 2.52. The number of hydrogen-bond acceptors (Lipinski definition) is 2. The Labute approximate surface area is 85.1 Å². The van der Waals surface area contributed by atoms with E-state index in [1.165, 1.54) is 5.69 Å². The van der Waals surface area contributed by atoms with Crippen molar-refractivity contribution in [1.82, 2.24) is 9.78 Å². The van der Waals surface area contributed by atoms with Gasteiger partial charge in [-0.15, -0.1) is 0 Å². The molecule has 0 saturated carbocycles. The summed E-state index contributed by atoms with van der Waals surface area (Å²) in [5.74, 6) is 0.444. The van der Waals surface area contributed by atoms with Crippen LogP contribution in [0, 0.1) is 19.8 Å². The molecule has 0 amide bonds. The largest absolute Gasteiger partial charge is 0.373 e. The lowest BCUT2D eigenvalue weighted by molar-refractivity contribution is 0.0456. The fourth-order valence-corrected chi connectivity index (χ4v) is 2.00. The zero-order chi connectivity index (χ0) is 10.1. The average Bonchev–Trinajstić information content (AvgIpc) is 2.45. The molecule has 0 aliphatic carbocycles. The van der Waals surface area contributed by atoms with Crippen LogP contribution in [0.15, 0.2) is 6.07 Å². The Bertz CT molecular complexity index is 317. The van der Waals surface area contributed by atoms with Crippen LogP contribution in [0.3, 0.4) is 0 Å². The first-order valence-electron chi connectivity index (χ1n) is 5.12. The number of aryl methyl sites for hydroxylation is 1. The number of nitrogens with zero attached hydrogens (tertiary/aromatic N) is 2. The van der Waals surface area contributed by atoms with E-state index in [9.17, 15) is 0 Å². The lowest BCUT2D eigenvalue weighted by Gasteiger charge is -2.27. The second-order valence-electron chi connectivity index (χ2n) is 4.23. The summed E-state index contributed by atoms with van der Waals surface area (Å²) in [5.41, 5.74) is 2.27. The quantitative estimate of drug-likeness (QED) is 0.673. The van der Waals surface area contributed by atoms with Crippen LogP contribution in [-0.2, 0) is 11.3 Å². The lowest BCUT2D eigenvalue weighted by Crippen LogP contribution is -2.25. The van der Waals surface area contributed by atoms with Crippen molar-refractivity contribution in [2.24, 2.45) is 5.92 Å². The maximum absolute atomic E-state index is 5.53. The Morgan fingerprint density at radius 3 is 3.29 bits per heavy atom. The van der Waals surface area contributed by atoms with Crippen LogP contribution in [0.1, 0.15) is 30.8 Å². The van der Waals surface area contributed by atoms with E-state index < -0.39 is 0 Å². The molecule has 0 fully saturated rings. The highest BCUT2D eigenvalue weighted by molar-refractivity contribution is 5.10. The van der Waals surface area contributed by atoms with Gasteiger partial charge in [0.25, 0.3) is 0 Å². The van der Waals surface area contributed by atoms with Gasteiger partial charge in [-0.3, -0.25) is 4.68 Å². The molecule has 3 heteroatoms. The minimum absolute atomic E-state index is 0.375. The molecule has 0 radical (unpaired) electrons. The van der Waals surface area contributed by atoms with Crippen LogP contribution in [0.4, 0.5) is 0 Å². The molecule has 0 aromatic carbocycles. The van der Waals surface area contributed by atoms with Crippen LogP contribution in [0.5, 0.6) is 0 Å². The predicted molar refractivity (Wildman–Crippen MR) is 54.8 cm³/mol. The minimum atomic E-state index is 0.375. The van der Waals surface area contributed by atoms with E-state index in [4.69, 9.17) is 4.74 Å². The summed E-state index contributed by atoms with van der Waals surface area (Å²) < 4.78 is 7.65. The normalized spacial score (nSPS) is 23.2. The minimum Gasteiger partial charge on any atom is -0.373 e. The van der Waals surface area contributed by atoms with Crippen LogP contribution in [-0.4, -0.2) is 16.4 Å². The zero-order valence-corrected chi connectivity index (χ0v) is 8.86. The van der Waals surface area contributed by atoms with Crippen LogP contribution in [0.25, 0.3) is 0 Å². The Morgan fingerprint density at radius 2 is 2.57 bits per heavy atom. The van der Waals surface area contributed by atoms with Gasteiger partial charge in [-0.2, -0.15) is 11.0 Å². The highest BCUT2D eigenvalue weighted by atomic mass is 16.5. The van der Waals surface area contributed by atoms with Gasteiger partial charge in [0.2, 0.25) is 0 Å². The molecule has 1 aliphatic heterocycles. The smallest absolute Gasteiger partial charge is 0.0886 e. The maximum atomic E-state index is 5.53. The van der Waals surface area contributed by atoms with Crippen molar-refractivity contribution >= 4 is 0 Å². The highest BCUT2D eigenvalue weighted by Crippen LogP contribution is 2.24. The molecule has 2 heterocycles. The second kappa shape index (κ2) is 3.73. The first-order chi connectivity index (χ1) is 6.66. The average molecular weight is 193 g/mol. The topological polar surface area (TPSA) is 27.1 Å². The summed E-state index contributed by atoms with van der Waals surface area (Å²) in [4.78, 5) is 0. The van der Waals surface area contributed by atoms with Crippen molar-refractivity contribution in [3.63, 3.8) is 0 Å². The molecule has 1 aliphatic rings. The molecular weight excluding hydrogens is 176 g/mol. The van der Waals surface area contributed by atoms with Crippen molar-refractivity contribution < 1.29 is 4.74 Å². The number of fused-ring (bicyclic) bond motifs is 1. The van der Waals surface area contributed by atoms with Gasteiger partial charge in [-0.25, -0.2) is 0 Å². The molecule has 14 heavy (non-hydrogen) atoms. The summed E-state index contributed by atoms with van der Waals surface area (Å²) in [5, 5.41) is 4.49. The van der Waals surface area contributed by atoms with E-state index in [-0.39, 0.29) is 0 Å². The second-order valence-corrected chi connectivity index (χ2v) is 4.23. The fraction of sp³-hybridized carbons (Fsp3) is 0.636. The van der Waals surface area contributed by atoms with E-state index in [0.717, 1.165) is 18.7 Å². The fourth-order valence-electron chi connectivity index (χ4n) is 2.00. The van der Waals surface area contributed by atoms with Gasteiger partial charge >= 0.3 is 0 Å². The van der Waals surface area contributed by atoms with Gasteiger partial charge in [-0.1, -0.05) is 13.3 Å². The first-order valence-corrected chi connectivity index (χ1v) is 5.12. The molecule has 0 N–H and O–H groups in total. The Kier molecular flexibility index (Phi) is 2.59. The first kappa shape index (κ1) is 9.71. The maximum Gasteiger partial charge on any atom is 0.0886 e. The van der Waals surface area contributed by atoms with Gasteiger partial charge in [0.05, 0.1) is 30.6 Å². The molecule has 1 aromatic heterocycles. The third kappa shape index (κ3) is 1.82. The Morgan fingerprint density at radius 1 is 1.79 bits per heavy atom. The predicted octanol–water partition coefficient (Wildman–Crippen LogP) is 2.12. The number of aromatic nitrogens is 2. The van der Waals surface area contributed by atoms with Gasteiger partial charge in [0.15, 0.2) is 0 Å². The molecule has 78 valence electrons. The van der Waals surface area contributed by atoms with E-state index in [2.05, 4.69) is 29.7 Å². The van der Waals surface area contributed by atoms with Gasteiger partial charge in [0.1, 0.15) is 0 Å². The van der Waals surface area contributed by atoms with E-state index in [1.54, 1.807) is 0 Å². The number of ether oxygens (including phenoxy) is 1. The SMILES string of the molecule is [CH2-]C(C)CC1COCc2cc(C)nn21. The monoisotopic (exact) mass is 193 g/mol. The third-order valence-electron chi connectivity index (χ3n) is 2.52. The highest BCUT2D eigenvalue weighted by Gasteiger charge is 2.20. The van der Waals surface area contributed by atoms with Crippen LogP contribution >= 0.6 is 0 Å². The zero-order valence-electron chi connectivity index (χ0n) is 8.86. The summed E-state index contributed by atoms with van der Waals surface area (Å²) in [6.45, 7) is 9.64. The van der Waals surface area contributed by atoms with E-state index >= 15 is 0 Å². The van der Waals surface area contributed by atoms with E-state index in [1.807, 2.05) is 6.92 Å². The van der Waals surface area contributed by atoms with Gasteiger partial charge in [0, 0.05) is 0 Å². The molecule has 0 bridgehead atoms. The summed E-state index contributed by atoms with van der Waals surface area (Å²) in [7, 11) is 0. The van der Waals surface area contributed by atoms with Crippen LogP contribution < -0.4 is 0 Å². The van der Waals surface area contributed by atoms with Crippen LogP contribution in [0.2, 0.25) is 0 Å². The Hall–Kier alpha value is -0.830. The molecule has 0 spiro atoms. The molecule has 2 unspecified atom stereocenters. The number of hydrogen-bond donors (Lipinski definition) is 0. The molecule has 2 rings (SSSR count). The summed E-state index contributed by atoms with van der Waals surface area (Å²) >= 11 is 0. The molecule has 3 nitrogen and oxygen atoms in total. The van der Waals surface area contributed by atoms with Crippen molar-refractivity contribution in [1.29, 1.82) is 0 Å². The van der Waals surface area contributed by atoms with Crippen molar-refractivity contribution in [3.05, 3.63) is 24.4 Å². The van der Waals surface area contributed by atoms with Crippen molar-refractivity contribution in [2.45, 2.75) is 32.9 Å². The Balaban J connectivity index is 2.21. The van der Waals surface area contributed by atoms with E-state index in [0.29, 0.717) is 18.6 Å². The van der Waals surface area contributed by atoms with Gasteiger partial charge in [-0.05, 0) is 13.0 Å². The van der Waals surface area contributed by atoms with Crippen molar-refractivity contribution in [3.8, 4) is 0 Å².